The minimum absolute atomic E-state index is 0.614. The molecule has 3 rings (SSSR count). The molecule has 110 valence electrons. The van der Waals surface area contributed by atoms with Crippen molar-refractivity contribution in [2.45, 2.75) is 37.8 Å². The summed E-state index contributed by atoms with van der Waals surface area (Å²) in [5, 5.41) is 0. The molecule has 1 unspecified atom stereocenters. The number of hydrogen-bond donors (Lipinski definition) is 1. The second-order valence-corrected chi connectivity index (χ2v) is 6.36. The summed E-state index contributed by atoms with van der Waals surface area (Å²) in [4.78, 5) is 5.10. The molecule has 2 aliphatic rings. The summed E-state index contributed by atoms with van der Waals surface area (Å²) in [6.07, 6.45) is 5.29. The van der Waals surface area contributed by atoms with E-state index in [1.165, 1.54) is 44.5 Å². The largest absolute Gasteiger partial charge is 0.371 e. The van der Waals surface area contributed by atoms with E-state index in [1.54, 1.807) is 0 Å². The Hall–Kier alpha value is -1.06. The van der Waals surface area contributed by atoms with Gasteiger partial charge in [-0.25, -0.2) is 0 Å². The van der Waals surface area contributed by atoms with Gasteiger partial charge < -0.3 is 10.6 Å². The van der Waals surface area contributed by atoms with Gasteiger partial charge in [0.05, 0.1) is 0 Å². The van der Waals surface area contributed by atoms with Crippen LogP contribution in [-0.2, 0) is 0 Å². The van der Waals surface area contributed by atoms with Crippen LogP contribution in [0.25, 0.3) is 0 Å². The van der Waals surface area contributed by atoms with Gasteiger partial charge in [-0.05, 0) is 50.8 Å². The predicted molar refractivity (Wildman–Crippen MR) is 85.0 cm³/mol. The summed E-state index contributed by atoms with van der Waals surface area (Å²) in [6.45, 7) is 3.15. The molecule has 2 N–H and O–H groups in total. The summed E-state index contributed by atoms with van der Waals surface area (Å²) < 4.78 is 0. The van der Waals surface area contributed by atoms with Gasteiger partial charge in [0.2, 0.25) is 0 Å². The molecule has 1 saturated carbocycles. The fourth-order valence-electron chi connectivity index (χ4n) is 3.61. The molecule has 0 aromatic heterocycles. The third kappa shape index (κ3) is 2.99. The molecule has 1 atom stereocenters. The van der Waals surface area contributed by atoms with Crippen LogP contribution in [0, 0.1) is 5.92 Å². The van der Waals surface area contributed by atoms with Crippen LogP contribution in [0.1, 0.15) is 25.7 Å². The van der Waals surface area contributed by atoms with Crippen molar-refractivity contribution in [3.63, 3.8) is 0 Å². The number of piperidine rings is 1. The Balaban J connectivity index is 1.55. The third-order valence-corrected chi connectivity index (χ3v) is 5.09. The quantitative estimate of drug-likeness (QED) is 0.893. The Bertz CT molecular complexity index is 408. The Morgan fingerprint density at radius 2 is 1.80 bits per heavy atom. The van der Waals surface area contributed by atoms with Crippen LogP contribution in [0.3, 0.4) is 0 Å². The van der Waals surface area contributed by atoms with E-state index in [0.717, 1.165) is 12.5 Å². The van der Waals surface area contributed by atoms with Crippen molar-refractivity contribution in [2.24, 2.45) is 11.7 Å². The van der Waals surface area contributed by atoms with Crippen molar-refractivity contribution in [3.8, 4) is 0 Å². The molecule has 0 spiro atoms. The Kier molecular flexibility index (Phi) is 4.27. The molecular weight excluding hydrogens is 246 g/mol. The van der Waals surface area contributed by atoms with Gasteiger partial charge in [0.15, 0.2) is 0 Å². The van der Waals surface area contributed by atoms with E-state index in [9.17, 15) is 0 Å². The number of nitrogens with two attached hydrogens (primary N) is 1. The Morgan fingerprint density at radius 1 is 1.15 bits per heavy atom. The molecule has 1 heterocycles. The standard InChI is InChI=1S/C17H27N3/c1-19(17(13-18)14-7-8-14)15-9-11-20(12-10-15)16-5-3-2-4-6-16/h2-6,14-15,17H,7-13,18H2,1H3. The average molecular weight is 273 g/mol. The maximum Gasteiger partial charge on any atom is 0.0366 e. The van der Waals surface area contributed by atoms with E-state index in [1.807, 2.05) is 0 Å². The second-order valence-electron chi connectivity index (χ2n) is 6.36. The molecule has 1 aliphatic heterocycles. The topological polar surface area (TPSA) is 32.5 Å². The second kappa shape index (κ2) is 6.15. The van der Waals surface area contributed by atoms with Gasteiger partial charge in [0.25, 0.3) is 0 Å². The summed E-state index contributed by atoms with van der Waals surface area (Å²) in [5.41, 5.74) is 7.35. The molecular formula is C17H27N3. The molecule has 1 saturated heterocycles. The monoisotopic (exact) mass is 273 g/mol. The van der Waals surface area contributed by atoms with E-state index in [-0.39, 0.29) is 0 Å². The maximum absolute atomic E-state index is 5.99. The zero-order valence-electron chi connectivity index (χ0n) is 12.5. The van der Waals surface area contributed by atoms with Crippen LogP contribution in [0.15, 0.2) is 30.3 Å². The number of nitrogens with zero attached hydrogens (tertiary/aromatic N) is 2. The number of hydrogen-bond acceptors (Lipinski definition) is 3. The number of para-hydroxylation sites is 1. The number of rotatable bonds is 5. The highest BCUT2D eigenvalue weighted by atomic mass is 15.2. The van der Waals surface area contributed by atoms with Crippen LogP contribution in [-0.4, -0.2) is 43.7 Å². The molecule has 1 aromatic carbocycles. The fourth-order valence-corrected chi connectivity index (χ4v) is 3.61. The van der Waals surface area contributed by atoms with Crippen LogP contribution < -0.4 is 10.6 Å². The smallest absolute Gasteiger partial charge is 0.0366 e. The van der Waals surface area contributed by atoms with Crippen LogP contribution in [0.5, 0.6) is 0 Å². The van der Waals surface area contributed by atoms with Gasteiger partial charge in [-0.2, -0.15) is 0 Å². The highest BCUT2D eigenvalue weighted by Gasteiger charge is 2.36. The lowest BCUT2D eigenvalue weighted by molar-refractivity contribution is 0.137. The van der Waals surface area contributed by atoms with E-state index in [0.29, 0.717) is 12.1 Å². The van der Waals surface area contributed by atoms with E-state index in [4.69, 9.17) is 5.73 Å². The fraction of sp³-hybridized carbons (Fsp3) is 0.647. The first-order valence-electron chi connectivity index (χ1n) is 8.01. The number of benzene rings is 1. The Labute approximate surface area is 122 Å². The van der Waals surface area contributed by atoms with Crippen molar-refractivity contribution in [1.82, 2.24) is 4.90 Å². The van der Waals surface area contributed by atoms with E-state index in [2.05, 4.69) is 47.2 Å². The average Bonchev–Trinajstić information content (AvgIpc) is 3.34. The number of anilines is 1. The highest BCUT2D eigenvalue weighted by Crippen LogP contribution is 2.36. The van der Waals surface area contributed by atoms with E-state index >= 15 is 0 Å². The van der Waals surface area contributed by atoms with Crippen molar-refractivity contribution < 1.29 is 0 Å². The van der Waals surface area contributed by atoms with Gasteiger partial charge >= 0.3 is 0 Å². The highest BCUT2D eigenvalue weighted by molar-refractivity contribution is 5.46. The third-order valence-electron chi connectivity index (χ3n) is 5.09. The van der Waals surface area contributed by atoms with Gasteiger partial charge in [0.1, 0.15) is 0 Å². The lowest BCUT2D eigenvalue weighted by atomic mass is 9.99. The summed E-state index contributed by atoms with van der Waals surface area (Å²) >= 11 is 0. The van der Waals surface area contributed by atoms with Crippen molar-refractivity contribution in [3.05, 3.63) is 30.3 Å². The molecule has 20 heavy (non-hydrogen) atoms. The van der Waals surface area contributed by atoms with Crippen LogP contribution in [0.2, 0.25) is 0 Å². The SMILES string of the molecule is CN(C1CCN(c2ccccc2)CC1)C(CN)C1CC1. The lowest BCUT2D eigenvalue weighted by Crippen LogP contribution is -2.50. The molecule has 0 amide bonds. The van der Waals surface area contributed by atoms with Gasteiger partial charge in [0, 0.05) is 37.4 Å². The first-order valence-corrected chi connectivity index (χ1v) is 8.01. The summed E-state index contributed by atoms with van der Waals surface area (Å²) in [7, 11) is 2.29. The molecule has 1 aromatic rings. The number of likely N-dealkylation sites (N-methyl/N-ethyl adjacent to an activating group) is 1. The minimum atomic E-state index is 0.614. The first kappa shape index (κ1) is 13.9. The van der Waals surface area contributed by atoms with Gasteiger partial charge in [-0.15, -0.1) is 0 Å². The molecule has 0 radical (unpaired) electrons. The first-order chi connectivity index (χ1) is 9.79. The summed E-state index contributed by atoms with van der Waals surface area (Å²) in [6, 6.07) is 12.1. The zero-order chi connectivity index (χ0) is 13.9. The summed E-state index contributed by atoms with van der Waals surface area (Å²) in [5.74, 6) is 0.872. The minimum Gasteiger partial charge on any atom is -0.371 e. The maximum atomic E-state index is 5.99. The van der Waals surface area contributed by atoms with Crippen LogP contribution in [0.4, 0.5) is 5.69 Å². The van der Waals surface area contributed by atoms with Gasteiger partial charge in [-0.1, -0.05) is 18.2 Å². The van der Waals surface area contributed by atoms with Crippen molar-refractivity contribution >= 4 is 5.69 Å². The predicted octanol–water partition coefficient (Wildman–Crippen LogP) is 2.32. The molecule has 3 nitrogen and oxygen atoms in total. The molecule has 1 aliphatic carbocycles. The van der Waals surface area contributed by atoms with Crippen LogP contribution >= 0.6 is 0 Å². The van der Waals surface area contributed by atoms with Crippen molar-refractivity contribution in [2.75, 3.05) is 31.6 Å². The van der Waals surface area contributed by atoms with E-state index < -0.39 is 0 Å². The molecule has 0 bridgehead atoms. The lowest BCUT2D eigenvalue weighted by Gasteiger charge is -2.41. The molecule has 3 heteroatoms. The normalized spacial score (nSPS) is 22.2. The zero-order valence-corrected chi connectivity index (χ0v) is 12.5. The van der Waals surface area contributed by atoms with Gasteiger partial charge in [-0.3, -0.25) is 4.90 Å². The Morgan fingerprint density at radius 3 is 2.35 bits per heavy atom. The van der Waals surface area contributed by atoms with Crippen molar-refractivity contribution in [1.29, 1.82) is 0 Å². The molecule has 2 fully saturated rings.